The van der Waals surface area contributed by atoms with E-state index in [2.05, 4.69) is 18.5 Å². The predicted octanol–water partition coefficient (Wildman–Crippen LogP) is 5.15. The molecule has 12 nitrogen and oxygen atoms in total. The molecule has 1 saturated heterocycles. The molecular weight excluding hydrogens is 640 g/mol. The largest absolute Gasteiger partial charge is 0.464 e. The van der Waals surface area contributed by atoms with E-state index in [9.17, 15) is 24.0 Å². The first-order chi connectivity index (χ1) is 23.7. The van der Waals surface area contributed by atoms with Crippen LogP contribution in [-0.2, 0) is 41.6 Å². The van der Waals surface area contributed by atoms with Gasteiger partial charge in [-0.2, -0.15) is 0 Å². The number of likely N-dealkylation sites (tertiary alicyclic amines) is 1. The van der Waals surface area contributed by atoms with E-state index >= 15 is 0 Å². The van der Waals surface area contributed by atoms with E-state index in [1.54, 1.807) is 38.7 Å². The van der Waals surface area contributed by atoms with Crippen molar-refractivity contribution < 1.29 is 38.2 Å². The predicted molar refractivity (Wildman–Crippen MR) is 188 cm³/mol. The van der Waals surface area contributed by atoms with Gasteiger partial charge in [0.25, 0.3) is 0 Å². The van der Waals surface area contributed by atoms with Gasteiger partial charge in [-0.25, -0.2) is 14.4 Å². The van der Waals surface area contributed by atoms with E-state index in [1.165, 1.54) is 22.4 Å². The molecule has 1 N–H and O–H groups in total. The Bertz CT molecular complexity index is 1440. The molecule has 0 aromatic heterocycles. The number of nitrogens with one attached hydrogen (secondary N) is 1. The minimum Gasteiger partial charge on any atom is -0.464 e. The molecule has 274 valence electrons. The number of hydrogen-bond donors (Lipinski definition) is 1. The number of unbranched alkanes of at least 4 members (excludes halogenated alkanes) is 3. The van der Waals surface area contributed by atoms with Crippen molar-refractivity contribution >= 4 is 30.0 Å². The number of nitrogens with zero attached hydrogens (tertiary/aromatic N) is 3. The fourth-order valence-corrected chi connectivity index (χ4v) is 6.75. The van der Waals surface area contributed by atoms with Crippen LogP contribution in [0.1, 0.15) is 83.8 Å². The fraction of sp³-hybridized carbons (Fsp3) is 0.605. The molecule has 1 aliphatic carbocycles. The van der Waals surface area contributed by atoms with Crippen molar-refractivity contribution in [1.82, 2.24) is 20.0 Å². The molecule has 50 heavy (non-hydrogen) atoms. The zero-order valence-corrected chi connectivity index (χ0v) is 30.3. The molecule has 2 heterocycles. The van der Waals surface area contributed by atoms with E-state index in [1.807, 2.05) is 30.3 Å². The van der Waals surface area contributed by atoms with Gasteiger partial charge in [-0.15, -0.1) is 13.2 Å². The van der Waals surface area contributed by atoms with E-state index in [0.29, 0.717) is 38.8 Å². The standard InChI is InChI=1S/C38H54N4O8/c1-8-11-12-13-14-19-30(40(7)35(46)50-37(4,5)6)33(44)42-25-29(49-36(47)41-21-20-26-17-15-16-18-27(26)24-41)22-31(42)32(43)39-38(23-28(38)9-2)34(45)48-10-3/h8-9,15-18,28-31H,1-2,10-14,19-25H2,3-7H3,(H,39,43)/t28-,29-,30+,31+,38-/m1/s1. The second kappa shape index (κ2) is 16.6. The summed E-state index contributed by atoms with van der Waals surface area (Å²) >= 11 is 0. The van der Waals surface area contributed by atoms with Crippen LogP contribution in [-0.4, -0.2) is 101 Å². The first kappa shape index (κ1) is 38.5. The molecule has 2 aliphatic heterocycles. The average molecular weight is 695 g/mol. The highest BCUT2D eigenvalue weighted by molar-refractivity contribution is 5.96. The number of fused-ring (bicyclic) bond motifs is 1. The summed E-state index contributed by atoms with van der Waals surface area (Å²) in [5.41, 5.74) is 0.157. The average Bonchev–Trinajstić information content (AvgIpc) is 3.63. The van der Waals surface area contributed by atoms with Crippen LogP contribution in [0, 0.1) is 5.92 Å². The number of benzene rings is 1. The molecule has 1 saturated carbocycles. The van der Waals surface area contributed by atoms with Gasteiger partial charge in [-0.3, -0.25) is 14.5 Å². The molecule has 2 fully saturated rings. The third-order valence-corrected chi connectivity index (χ3v) is 9.61. The van der Waals surface area contributed by atoms with Crippen molar-refractivity contribution in [3.8, 4) is 0 Å². The summed E-state index contributed by atoms with van der Waals surface area (Å²) in [6, 6.07) is 5.92. The Labute approximate surface area is 296 Å². The van der Waals surface area contributed by atoms with E-state index < -0.39 is 59.3 Å². The SMILES string of the molecule is C=CCCCCC[C@@H](C(=O)N1C[C@H](OC(=O)N2CCc3ccccc3C2)C[C@H]1C(=O)N[C@]1(C(=O)OCC)C[C@H]1C=C)N(C)C(=O)OC(C)(C)C. The number of likely N-dealkylation sites (N-methyl/N-ethyl adjacent to an activating group) is 1. The minimum atomic E-state index is -1.28. The maximum atomic E-state index is 14.5. The summed E-state index contributed by atoms with van der Waals surface area (Å²) < 4.78 is 16.9. The lowest BCUT2D eigenvalue weighted by Gasteiger charge is -2.34. The summed E-state index contributed by atoms with van der Waals surface area (Å²) in [5, 5.41) is 2.87. The van der Waals surface area contributed by atoms with Gasteiger partial charge in [-0.1, -0.05) is 49.3 Å². The number of allylic oxidation sites excluding steroid dienone is 1. The summed E-state index contributed by atoms with van der Waals surface area (Å²) in [4.78, 5) is 72.6. The Balaban J connectivity index is 1.58. The van der Waals surface area contributed by atoms with Crippen LogP contribution in [0.25, 0.3) is 0 Å². The summed E-state index contributed by atoms with van der Waals surface area (Å²) in [7, 11) is 1.52. The van der Waals surface area contributed by atoms with Gasteiger partial charge >= 0.3 is 18.2 Å². The van der Waals surface area contributed by atoms with Gasteiger partial charge < -0.3 is 29.3 Å². The summed E-state index contributed by atoms with van der Waals surface area (Å²) in [5.74, 6) is -1.92. The van der Waals surface area contributed by atoms with Gasteiger partial charge in [0, 0.05) is 32.5 Å². The lowest BCUT2D eigenvalue weighted by Crippen LogP contribution is -2.57. The van der Waals surface area contributed by atoms with E-state index in [4.69, 9.17) is 14.2 Å². The highest BCUT2D eigenvalue weighted by Crippen LogP contribution is 2.45. The van der Waals surface area contributed by atoms with Crippen molar-refractivity contribution in [2.45, 2.75) is 115 Å². The van der Waals surface area contributed by atoms with Gasteiger partial charge in [0.15, 0.2) is 0 Å². The van der Waals surface area contributed by atoms with Crippen molar-refractivity contribution in [1.29, 1.82) is 0 Å². The number of rotatable bonds is 14. The molecular formula is C38H54N4O8. The quantitative estimate of drug-likeness (QED) is 0.122. The number of carbonyl (C=O) groups excluding carboxylic acids is 5. The number of carbonyl (C=O) groups is 5. The van der Waals surface area contributed by atoms with Crippen molar-refractivity contribution in [3.05, 3.63) is 60.7 Å². The molecule has 3 aliphatic rings. The maximum absolute atomic E-state index is 14.5. The Hall–Kier alpha value is -4.35. The Morgan fingerprint density at radius 3 is 2.46 bits per heavy atom. The molecule has 0 spiro atoms. The summed E-state index contributed by atoms with van der Waals surface area (Å²) in [6.07, 6.45) is 6.00. The number of hydrogen-bond acceptors (Lipinski definition) is 8. The van der Waals surface area contributed by atoms with Crippen molar-refractivity contribution in [3.63, 3.8) is 0 Å². The maximum Gasteiger partial charge on any atom is 0.410 e. The van der Waals surface area contributed by atoms with Crippen LogP contribution in [0.4, 0.5) is 9.59 Å². The Morgan fingerprint density at radius 2 is 1.82 bits per heavy atom. The molecule has 0 radical (unpaired) electrons. The normalized spacial score (nSPS) is 23.2. The zero-order valence-electron chi connectivity index (χ0n) is 30.3. The van der Waals surface area contributed by atoms with Gasteiger partial charge in [0.2, 0.25) is 11.8 Å². The summed E-state index contributed by atoms with van der Waals surface area (Å²) in [6.45, 7) is 15.5. The topological polar surface area (TPSA) is 135 Å². The first-order valence-electron chi connectivity index (χ1n) is 17.8. The number of ether oxygens (including phenoxy) is 3. The first-order valence-corrected chi connectivity index (χ1v) is 17.8. The van der Waals surface area contributed by atoms with Crippen molar-refractivity contribution in [2.24, 2.45) is 5.92 Å². The fourth-order valence-electron chi connectivity index (χ4n) is 6.75. The third kappa shape index (κ3) is 9.25. The lowest BCUT2D eigenvalue weighted by molar-refractivity contribution is -0.150. The molecule has 0 bridgehead atoms. The van der Waals surface area contributed by atoms with Gasteiger partial charge in [-0.05, 0) is 70.9 Å². The van der Waals surface area contributed by atoms with Gasteiger partial charge in [0.05, 0.1) is 13.2 Å². The Morgan fingerprint density at radius 1 is 1.10 bits per heavy atom. The van der Waals surface area contributed by atoms with E-state index in [-0.39, 0.29) is 25.5 Å². The smallest absolute Gasteiger partial charge is 0.410 e. The van der Waals surface area contributed by atoms with Crippen LogP contribution < -0.4 is 5.32 Å². The number of esters is 1. The monoisotopic (exact) mass is 694 g/mol. The molecule has 5 atom stereocenters. The molecule has 4 amide bonds. The van der Waals surface area contributed by atoms with Crippen LogP contribution in [0.15, 0.2) is 49.6 Å². The second-order valence-electron chi connectivity index (χ2n) is 14.4. The zero-order chi connectivity index (χ0) is 36.6. The molecule has 1 aromatic carbocycles. The van der Waals surface area contributed by atoms with Crippen LogP contribution >= 0.6 is 0 Å². The van der Waals surface area contributed by atoms with E-state index in [0.717, 1.165) is 24.8 Å². The third-order valence-electron chi connectivity index (χ3n) is 9.61. The number of amides is 4. The van der Waals surface area contributed by atoms with Gasteiger partial charge in [0.1, 0.15) is 29.3 Å². The molecule has 0 unspecified atom stereocenters. The van der Waals surface area contributed by atoms with Crippen molar-refractivity contribution in [2.75, 3.05) is 26.7 Å². The molecule has 12 heteroatoms. The molecule has 4 rings (SSSR count). The molecule has 1 aromatic rings. The Kier molecular flexibility index (Phi) is 12.7. The van der Waals surface area contributed by atoms with Crippen LogP contribution in [0.3, 0.4) is 0 Å². The lowest BCUT2D eigenvalue weighted by atomic mass is 10.0. The highest BCUT2D eigenvalue weighted by atomic mass is 16.6. The minimum absolute atomic E-state index is 0.0214. The second-order valence-corrected chi connectivity index (χ2v) is 14.4. The van der Waals surface area contributed by atoms with Crippen LogP contribution in [0.2, 0.25) is 0 Å². The highest BCUT2D eigenvalue weighted by Gasteiger charge is 2.62. The van der Waals surface area contributed by atoms with Crippen LogP contribution in [0.5, 0.6) is 0 Å².